The molecule has 0 radical (unpaired) electrons. The van der Waals surface area contributed by atoms with Gasteiger partial charge in [0.25, 0.3) is 0 Å². The van der Waals surface area contributed by atoms with Crippen LogP contribution in [0.4, 0.5) is 13.2 Å². The number of benzene rings is 2. The zero-order chi connectivity index (χ0) is 14.8. The Labute approximate surface area is 127 Å². The maximum atomic E-state index is 12.3. The first kappa shape index (κ1) is 15.1. The predicted molar refractivity (Wildman–Crippen MR) is 76.3 cm³/mol. The van der Waals surface area contributed by atoms with E-state index >= 15 is 0 Å². The summed E-state index contributed by atoms with van der Waals surface area (Å²) >= 11 is 2.07. The van der Waals surface area contributed by atoms with Crippen LogP contribution in [0.2, 0.25) is 0 Å². The normalized spacial score (nSPS) is 13.1. The second kappa shape index (κ2) is 6.01. The minimum atomic E-state index is -4.79. The summed E-state index contributed by atoms with van der Waals surface area (Å²) in [6, 6.07) is 12.5. The number of halogens is 4. The fraction of sp³-hybridized carbons (Fsp3) is 0.143. The molecule has 6 heteroatoms. The topological polar surface area (TPSA) is 29.5 Å². The van der Waals surface area contributed by atoms with E-state index in [1.807, 2.05) is 6.07 Å². The fourth-order valence-corrected chi connectivity index (χ4v) is 2.35. The highest BCUT2D eigenvalue weighted by Gasteiger charge is 2.32. The largest absolute Gasteiger partial charge is 0.573 e. The maximum absolute atomic E-state index is 12.3. The van der Waals surface area contributed by atoms with Gasteiger partial charge in [-0.1, -0.05) is 30.3 Å². The van der Waals surface area contributed by atoms with Crippen molar-refractivity contribution in [1.29, 1.82) is 0 Å². The van der Waals surface area contributed by atoms with E-state index in [0.717, 1.165) is 3.57 Å². The van der Waals surface area contributed by atoms with Crippen LogP contribution in [0, 0.1) is 3.57 Å². The average Bonchev–Trinajstić information content (AvgIpc) is 2.37. The molecule has 2 rings (SSSR count). The Bertz CT molecular complexity index is 599. The van der Waals surface area contributed by atoms with Crippen molar-refractivity contribution in [2.45, 2.75) is 12.5 Å². The molecule has 1 atom stereocenters. The summed E-state index contributed by atoms with van der Waals surface area (Å²) in [7, 11) is 0. The number of alkyl halides is 3. The molecular formula is C14H10F3IO2. The first-order valence-electron chi connectivity index (χ1n) is 5.65. The molecule has 0 heterocycles. The highest BCUT2D eigenvalue weighted by atomic mass is 127. The maximum Gasteiger partial charge on any atom is 0.573 e. The Morgan fingerprint density at radius 2 is 1.75 bits per heavy atom. The summed E-state index contributed by atoms with van der Waals surface area (Å²) in [5.41, 5.74) is 0.585. The number of hydrogen-bond donors (Lipinski definition) is 1. The second-order valence-electron chi connectivity index (χ2n) is 4.04. The van der Waals surface area contributed by atoms with Crippen LogP contribution < -0.4 is 4.74 Å². The Morgan fingerprint density at radius 1 is 1.05 bits per heavy atom. The smallest absolute Gasteiger partial charge is 0.405 e. The van der Waals surface area contributed by atoms with Crippen LogP contribution >= 0.6 is 22.6 Å². The quantitative estimate of drug-likeness (QED) is 0.789. The molecule has 0 saturated heterocycles. The molecule has 0 saturated carbocycles. The minimum Gasteiger partial charge on any atom is -0.405 e. The molecule has 2 nitrogen and oxygen atoms in total. The number of hydrogen-bond acceptors (Lipinski definition) is 2. The van der Waals surface area contributed by atoms with E-state index in [1.54, 1.807) is 24.3 Å². The Balaban J connectivity index is 2.37. The molecule has 0 bridgehead atoms. The van der Waals surface area contributed by atoms with Gasteiger partial charge in [0.2, 0.25) is 0 Å². The number of rotatable bonds is 3. The standard InChI is InChI=1S/C14H10F3IO2/c15-14(16,17)20-12-7-2-1-6-11(12)13(19)9-4-3-5-10(18)8-9/h1-8,13,19H. The summed E-state index contributed by atoms with van der Waals surface area (Å²) in [5, 5.41) is 10.2. The first-order chi connectivity index (χ1) is 9.37. The van der Waals surface area contributed by atoms with E-state index in [-0.39, 0.29) is 5.56 Å². The highest BCUT2D eigenvalue weighted by molar-refractivity contribution is 14.1. The van der Waals surface area contributed by atoms with Crippen molar-refractivity contribution in [3.05, 3.63) is 63.2 Å². The number of aliphatic hydroxyl groups excluding tert-OH is 1. The Morgan fingerprint density at radius 3 is 2.40 bits per heavy atom. The van der Waals surface area contributed by atoms with Gasteiger partial charge in [0.05, 0.1) is 0 Å². The van der Waals surface area contributed by atoms with Crippen molar-refractivity contribution in [2.75, 3.05) is 0 Å². The monoisotopic (exact) mass is 394 g/mol. The number of para-hydroxylation sites is 1. The summed E-state index contributed by atoms with van der Waals surface area (Å²) in [4.78, 5) is 0. The van der Waals surface area contributed by atoms with E-state index in [4.69, 9.17) is 0 Å². The third-order valence-corrected chi connectivity index (χ3v) is 3.27. The lowest BCUT2D eigenvalue weighted by Gasteiger charge is -2.17. The molecule has 2 aromatic carbocycles. The highest BCUT2D eigenvalue weighted by Crippen LogP contribution is 2.33. The third-order valence-electron chi connectivity index (χ3n) is 2.60. The van der Waals surface area contributed by atoms with Crippen molar-refractivity contribution >= 4 is 22.6 Å². The molecule has 106 valence electrons. The molecule has 1 unspecified atom stereocenters. The third kappa shape index (κ3) is 3.86. The lowest BCUT2D eigenvalue weighted by atomic mass is 10.0. The molecule has 0 aliphatic heterocycles. The first-order valence-corrected chi connectivity index (χ1v) is 6.73. The summed E-state index contributed by atoms with van der Waals surface area (Å²) < 4.78 is 41.9. The molecule has 0 aliphatic carbocycles. The van der Waals surface area contributed by atoms with Crippen LogP contribution in [0.15, 0.2) is 48.5 Å². The average molecular weight is 394 g/mol. The lowest BCUT2D eigenvalue weighted by molar-refractivity contribution is -0.275. The van der Waals surface area contributed by atoms with Crippen LogP contribution in [0.1, 0.15) is 17.2 Å². The van der Waals surface area contributed by atoms with Crippen molar-refractivity contribution in [3.63, 3.8) is 0 Å². The van der Waals surface area contributed by atoms with Crippen LogP contribution in [0.3, 0.4) is 0 Å². The molecule has 1 N–H and O–H groups in total. The molecule has 0 fully saturated rings. The molecule has 0 amide bonds. The molecular weight excluding hydrogens is 384 g/mol. The molecule has 0 aliphatic rings. The van der Waals surface area contributed by atoms with Gasteiger partial charge in [0, 0.05) is 9.13 Å². The van der Waals surface area contributed by atoms with E-state index in [0.29, 0.717) is 5.56 Å². The van der Waals surface area contributed by atoms with E-state index < -0.39 is 18.2 Å². The number of ether oxygens (including phenoxy) is 1. The van der Waals surface area contributed by atoms with Crippen molar-refractivity contribution in [1.82, 2.24) is 0 Å². The Kier molecular flexibility index (Phi) is 4.54. The SMILES string of the molecule is OC(c1cccc(I)c1)c1ccccc1OC(F)(F)F. The zero-order valence-corrected chi connectivity index (χ0v) is 12.2. The minimum absolute atomic E-state index is 0.0758. The van der Waals surface area contributed by atoms with E-state index in [2.05, 4.69) is 27.3 Å². The van der Waals surface area contributed by atoms with Gasteiger partial charge in [-0.05, 0) is 46.4 Å². The Hall–Kier alpha value is -1.28. The van der Waals surface area contributed by atoms with Gasteiger partial charge in [-0.25, -0.2) is 0 Å². The summed E-state index contributed by atoms with van der Waals surface area (Å²) in [6.45, 7) is 0. The van der Waals surface area contributed by atoms with Gasteiger partial charge in [-0.15, -0.1) is 13.2 Å². The fourth-order valence-electron chi connectivity index (χ4n) is 1.78. The predicted octanol–water partition coefficient (Wildman–Crippen LogP) is 4.27. The summed E-state index contributed by atoms with van der Waals surface area (Å²) in [5.74, 6) is -0.397. The van der Waals surface area contributed by atoms with Gasteiger partial charge >= 0.3 is 6.36 Å². The van der Waals surface area contributed by atoms with Crippen LogP contribution in [-0.2, 0) is 0 Å². The zero-order valence-electron chi connectivity index (χ0n) is 10.1. The molecule has 0 aromatic heterocycles. The van der Waals surface area contributed by atoms with E-state index in [1.165, 1.54) is 18.2 Å². The summed E-state index contributed by atoms with van der Waals surface area (Å²) in [6.07, 6.45) is -5.97. The van der Waals surface area contributed by atoms with Gasteiger partial charge in [-0.2, -0.15) is 0 Å². The van der Waals surface area contributed by atoms with Crippen molar-refractivity contribution < 1.29 is 23.0 Å². The lowest BCUT2D eigenvalue weighted by Crippen LogP contribution is -2.18. The van der Waals surface area contributed by atoms with Crippen LogP contribution in [0.25, 0.3) is 0 Å². The molecule has 20 heavy (non-hydrogen) atoms. The van der Waals surface area contributed by atoms with Gasteiger partial charge in [-0.3, -0.25) is 0 Å². The van der Waals surface area contributed by atoms with Gasteiger partial charge < -0.3 is 9.84 Å². The molecule has 2 aromatic rings. The van der Waals surface area contributed by atoms with Crippen LogP contribution in [-0.4, -0.2) is 11.5 Å². The van der Waals surface area contributed by atoms with E-state index in [9.17, 15) is 18.3 Å². The van der Waals surface area contributed by atoms with Crippen LogP contribution in [0.5, 0.6) is 5.75 Å². The van der Waals surface area contributed by atoms with Crippen molar-refractivity contribution in [2.24, 2.45) is 0 Å². The van der Waals surface area contributed by atoms with Gasteiger partial charge in [0.15, 0.2) is 0 Å². The van der Waals surface area contributed by atoms with Gasteiger partial charge in [0.1, 0.15) is 11.9 Å². The number of aliphatic hydroxyl groups is 1. The molecule has 0 spiro atoms. The van der Waals surface area contributed by atoms with Crippen molar-refractivity contribution in [3.8, 4) is 5.75 Å². The second-order valence-corrected chi connectivity index (χ2v) is 5.29.